The van der Waals surface area contributed by atoms with Gasteiger partial charge in [0.25, 0.3) is 0 Å². The Hall–Kier alpha value is -3.31. The SMILES string of the molecule is CC(C)CN(C(O)(CCNC(=O)CC(C)CNC(=O)C1CCCN1)Cc1ccccc1)S(=O)(=O)c1ccc2ccccc2c1. The van der Waals surface area contributed by atoms with E-state index in [1.54, 1.807) is 18.2 Å². The fourth-order valence-corrected chi connectivity index (χ4v) is 7.54. The molecule has 238 valence electrons. The van der Waals surface area contributed by atoms with E-state index in [1.807, 2.05) is 75.4 Å². The van der Waals surface area contributed by atoms with Crippen molar-refractivity contribution >= 4 is 32.6 Å². The predicted molar refractivity (Wildman–Crippen MR) is 173 cm³/mol. The van der Waals surface area contributed by atoms with Crippen molar-refractivity contribution < 1.29 is 23.1 Å². The van der Waals surface area contributed by atoms with Crippen molar-refractivity contribution in [1.29, 1.82) is 0 Å². The average Bonchev–Trinajstić information content (AvgIpc) is 3.54. The van der Waals surface area contributed by atoms with Gasteiger partial charge in [-0.05, 0) is 59.7 Å². The predicted octanol–water partition coefficient (Wildman–Crippen LogP) is 3.82. The first-order valence-electron chi connectivity index (χ1n) is 15.5. The van der Waals surface area contributed by atoms with E-state index in [9.17, 15) is 23.1 Å². The normalized spacial score (nSPS) is 17.5. The standard InChI is InChI=1S/C34H46N4O5S/c1-25(2)24-38(44(42,43)30-16-15-28-12-7-8-13-29(28)21-30)34(41,22-27-10-5-4-6-11-27)17-19-36-32(39)20-26(3)23-37-33(40)31-14-9-18-35-31/h4-8,10-13,15-16,21,25-26,31,35,41H,9,14,17-20,22-24H2,1-3H3,(H,36,39)(H,37,40). The minimum absolute atomic E-state index is 0.00830. The Bertz CT molecular complexity index is 1510. The van der Waals surface area contributed by atoms with Crippen LogP contribution in [0.4, 0.5) is 0 Å². The highest BCUT2D eigenvalue weighted by Crippen LogP contribution is 2.31. The second kappa shape index (κ2) is 15.1. The molecule has 10 heteroatoms. The first kappa shape index (κ1) is 33.6. The highest BCUT2D eigenvalue weighted by Gasteiger charge is 2.43. The van der Waals surface area contributed by atoms with Gasteiger partial charge in [0.1, 0.15) is 5.72 Å². The van der Waals surface area contributed by atoms with E-state index in [0.29, 0.717) is 6.54 Å². The number of hydrogen-bond donors (Lipinski definition) is 4. The van der Waals surface area contributed by atoms with Crippen LogP contribution in [-0.2, 0) is 26.0 Å². The Labute approximate surface area is 261 Å². The lowest BCUT2D eigenvalue weighted by atomic mass is 9.98. The summed E-state index contributed by atoms with van der Waals surface area (Å²) in [6.45, 7) is 7.12. The van der Waals surface area contributed by atoms with Gasteiger partial charge in [0.15, 0.2) is 0 Å². The molecule has 0 bridgehead atoms. The molecule has 0 aromatic heterocycles. The third-order valence-electron chi connectivity index (χ3n) is 8.02. The number of carbonyl (C=O) groups excluding carboxylic acids is 2. The molecule has 1 saturated heterocycles. The highest BCUT2D eigenvalue weighted by molar-refractivity contribution is 7.89. The van der Waals surface area contributed by atoms with Crippen molar-refractivity contribution in [1.82, 2.24) is 20.3 Å². The first-order valence-corrected chi connectivity index (χ1v) is 17.0. The van der Waals surface area contributed by atoms with Gasteiger partial charge in [0.05, 0.1) is 10.9 Å². The molecule has 0 radical (unpaired) electrons. The van der Waals surface area contributed by atoms with Gasteiger partial charge in [-0.25, -0.2) is 8.42 Å². The fraction of sp³-hybridized carbons (Fsp3) is 0.471. The lowest BCUT2D eigenvalue weighted by Gasteiger charge is -2.40. The second-order valence-electron chi connectivity index (χ2n) is 12.4. The molecule has 1 aliphatic rings. The van der Waals surface area contributed by atoms with Crippen molar-refractivity contribution in [2.45, 2.75) is 69.5 Å². The second-order valence-corrected chi connectivity index (χ2v) is 14.2. The molecule has 3 atom stereocenters. The molecular formula is C34H46N4O5S. The number of benzene rings is 3. The van der Waals surface area contributed by atoms with E-state index in [4.69, 9.17) is 0 Å². The van der Waals surface area contributed by atoms with Crippen LogP contribution in [0.15, 0.2) is 77.7 Å². The smallest absolute Gasteiger partial charge is 0.245 e. The molecule has 4 rings (SSSR count). The Morgan fingerprint density at radius 3 is 2.39 bits per heavy atom. The van der Waals surface area contributed by atoms with Crippen LogP contribution in [0.5, 0.6) is 0 Å². The van der Waals surface area contributed by atoms with Crippen LogP contribution >= 0.6 is 0 Å². The number of sulfonamides is 1. The summed E-state index contributed by atoms with van der Waals surface area (Å²) >= 11 is 0. The summed E-state index contributed by atoms with van der Waals surface area (Å²) in [5.41, 5.74) is -1.03. The Kier molecular flexibility index (Phi) is 11.5. The molecule has 4 N–H and O–H groups in total. The van der Waals surface area contributed by atoms with Gasteiger partial charge in [-0.1, -0.05) is 81.4 Å². The molecule has 3 aromatic carbocycles. The van der Waals surface area contributed by atoms with Gasteiger partial charge in [-0.15, -0.1) is 0 Å². The Morgan fingerprint density at radius 1 is 1.00 bits per heavy atom. The molecular weight excluding hydrogens is 576 g/mol. The first-order chi connectivity index (χ1) is 21.0. The molecule has 2 amide bonds. The summed E-state index contributed by atoms with van der Waals surface area (Å²) in [4.78, 5) is 25.2. The van der Waals surface area contributed by atoms with Gasteiger partial charge >= 0.3 is 0 Å². The molecule has 44 heavy (non-hydrogen) atoms. The highest BCUT2D eigenvalue weighted by atomic mass is 32.2. The molecule has 3 unspecified atom stereocenters. The topological polar surface area (TPSA) is 128 Å². The van der Waals surface area contributed by atoms with Crippen molar-refractivity contribution in [3.63, 3.8) is 0 Å². The number of nitrogens with one attached hydrogen (secondary N) is 3. The van der Waals surface area contributed by atoms with E-state index in [2.05, 4.69) is 16.0 Å². The summed E-state index contributed by atoms with van der Waals surface area (Å²) in [5, 5.41) is 22.9. The summed E-state index contributed by atoms with van der Waals surface area (Å²) in [5.74, 6) is -0.425. The summed E-state index contributed by atoms with van der Waals surface area (Å²) in [6.07, 6.45) is 2.04. The summed E-state index contributed by atoms with van der Waals surface area (Å²) < 4.78 is 29.7. The average molecular weight is 623 g/mol. The molecule has 1 fully saturated rings. The zero-order valence-corrected chi connectivity index (χ0v) is 26.8. The van der Waals surface area contributed by atoms with E-state index in [-0.39, 0.29) is 66.9 Å². The maximum atomic E-state index is 14.3. The quantitative estimate of drug-likeness (QED) is 0.191. The minimum Gasteiger partial charge on any atom is -0.374 e. The van der Waals surface area contributed by atoms with Crippen LogP contribution in [0, 0.1) is 11.8 Å². The third kappa shape index (κ3) is 8.88. The van der Waals surface area contributed by atoms with Crippen LogP contribution in [-0.4, -0.2) is 67.6 Å². The number of fused-ring (bicyclic) bond motifs is 1. The molecule has 3 aromatic rings. The van der Waals surface area contributed by atoms with E-state index >= 15 is 0 Å². The molecule has 0 spiro atoms. The number of rotatable bonds is 15. The van der Waals surface area contributed by atoms with E-state index in [0.717, 1.165) is 35.7 Å². The van der Waals surface area contributed by atoms with Crippen molar-refractivity contribution in [2.75, 3.05) is 26.2 Å². The maximum Gasteiger partial charge on any atom is 0.245 e. The van der Waals surface area contributed by atoms with Crippen LogP contribution in [0.3, 0.4) is 0 Å². The Balaban J connectivity index is 1.49. The number of aliphatic hydroxyl groups is 1. The molecule has 1 aliphatic heterocycles. The van der Waals surface area contributed by atoms with Crippen LogP contribution in [0.25, 0.3) is 10.8 Å². The largest absolute Gasteiger partial charge is 0.374 e. The number of amides is 2. The van der Waals surface area contributed by atoms with Gasteiger partial charge in [0.2, 0.25) is 21.8 Å². The third-order valence-corrected chi connectivity index (χ3v) is 9.94. The molecule has 0 aliphatic carbocycles. The van der Waals surface area contributed by atoms with Crippen LogP contribution < -0.4 is 16.0 Å². The summed E-state index contributed by atoms with van der Waals surface area (Å²) in [6, 6.07) is 21.7. The lowest BCUT2D eigenvalue weighted by molar-refractivity contribution is -0.125. The van der Waals surface area contributed by atoms with Crippen molar-refractivity contribution in [3.8, 4) is 0 Å². The van der Waals surface area contributed by atoms with E-state index < -0.39 is 15.7 Å². The molecule has 1 heterocycles. The fourth-order valence-electron chi connectivity index (χ4n) is 5.67. The van der Waals surface area contributed by atoms with Crippen molar-refractivity contribution in [2.24, 2.45) is 11.8 Å². The number of nitrogens with zero attached hydrogens (tertiary/aromatic N) is 1. The lowest BCUT2D eigenvalue weighted by Crippen LogP contribution is -2.55. The zero-order chi connectivity index (χ0) is 31.7. The van der Waals surface area contributed by atoms with Gasteiger partial charge in [0, 0.05) is 38.9 Å². The monoisotopic (exact) mass is 622 g/mol. The van der Waals surface area contributed by atoms with Gasteiger partial charge in [-0.3, -0.25) is 9.59 Å². The van der Waals surface area contributed by atoms with E-state index in [1.165, 1.54) is 4.31 Å². The van der Waals surface area contributed by atoms with Gasteiger partial charge in [-0.2, -0.15) is 4.31 Å². The van der Waals surface area contributed by atoms with Crippen LogP contribution in [0.2, 0.25) is 0 Å². The Morgan fingerprint density at radius 2 is 1.70 bits per heavy atom. The molecule has 0 saturated carbocycles. The molecule has 9 nitrogen and oxygen atoms in total. The van der Waals surface area contributed by atoms with Gasteiger partial charge < -0.3 is 21.1 Å². The van der Waals surface area contributed by atoms with Crippen LogP contribution in [0.1, 0.15) is 52.0 Å². The maximum absolute atomic E-state index is 14.3. The zero-order valence-electron chi connectivity index (χ0n) is 26.0. The number of hydrogen-bond acceptors (Lipinski definition) is 6. The van der Waals surface area contributed by atoms with Crippen molar-refractivity contribution in [3.05, 3.63) is 78.4 Å². The number of carbonyl (C=O) groups is 2. The summed E-state index contributed by atoms with van der Waals surface area (Å²) in [7, 11) is -4.13. The minimum atomic E-state index is -4.13.